The van der Waals surface area contributed by atoms with Crippen LogP contribution in [0.25, 0.3) is 43.1 Å². The summed E-state index contributed by atoms with van der Waals surface area (Å²) >= 11 is 0. The minimum atomic E-state index is -1.45. The molecule has 0 saturated carbocycles. The summed E-state index contributed by atoms with van der Waals surface area (Å²) in [5, 5.41) is 10.8. The zero-order valence-electron chi connectivity index (χ0n) is 23.5. The Kier molecular flexibility index (Phi) is 6.03. The maximum Gasteiger partial charge on any atom is 0.129 e. The average molecular weight is 525 g/mol. The summed E-state index contributed by atoms with van der Waals surface area (Å²) in [5.41, 5.74) is 11.4. The van der Waals surface area contributed by atoms with Gasteiger partial charge >= 0.3 is 0 Å². The Hall–Kier alpha value is -3.31. The van der Waals surface area contributed by atoms with Crippen molar-refractivity contribution in [1.29, 1.82) is 0 Å². The second kappa shape index (κ2) is 9.16. The molecule has 0 unspecified atom stereocenters. The molecule has 2 heteroatoms. The molecular weight excluding hydrogens is 489 g/mol. The van der Waals surface area contributed by atoms with Crippen LogP contribution in [0.3, 0.4) is 0 Å². The van der Waals surface area contributed by atoms with Gasteiger partial charge in [-0.05, 0) is 85.6 Å². The summed E-state index contributed by atoms with van der Waals surface area (Å²) < 4.78 is 0. The van der Waals surface area contributed by atoms with Gasteiger partial charge in [0.05, 0.1) is 0 Å². The van der Waals surface area contributed by atoms with Gasteiger partial charge in [-0.2, -0.15) is 0 Å². The number of fused-ring (bicyclic) bond motifs is 9. The molecule has 1 atom stereocenters. The van der Waals surface area contributed by atoms with E-state index in [1.54, 1.807) is 0 Å². The Bertz CT molecular complexity index is 1860. The predicted molar refractivity (Wildman–Crippen MR) is 173 cm³/mol. The molecule has 1 aliphatic carbocycles. The largest absolute Gasteiger partial charge is 0.132 e. The Morgan fingerprint density at radius 2 is 1.21 bits per heavy atom. The smallest absolute Gasteiger partial charge is 0.129 e. The lowest BCUT2D eigenvalue weighted by molar-refractivity contribution is 0.574. The molecule has 0 heterocycles. The second-order valence-electron chi connectivity index (χ2n) is 13.1. The van der Waals surface area contributed by atoms with Crippen LogP contribution >= 0.6 is 0 Å². The van der Waals surface area contributed by atoms with E-state index in [9.17, 15) is 0 Å². The van der Waals surface area contributed by atoms with Crippen LogP contribution in [0.5, 0.6) is 0 Å². The second-order valence-corrected chi connectivity index (χ2v) is 22.6. The summed E-state index contributed by atoms with van der Waals surface area (Å²) in [6.07, 6.45) is 3.34. The van der Waals surface area contributed by atoms with Crippen LogP contribution in [0.2, 0.25) is 39.3 Å². The normalized spacial score (nSPS) is 15.7. The molecule has 0 nitrogen and oxygen atoms in total. The lowest BCUT2D eigenvalue weighted by atomic mass is 9.80. The summed E-state index contributed by atoms with van der Waals surface area (Å²) in [7, 11) is -2.84. The summed E-state index contributed by atoms with van der Waals surface area (Å²) in [4.78, 5) is 0. The van der Waals surface area contributed by atoms with Crippen LogP contribution in [0, 0.1) is 28.8 Å². The quantitative estimate of drug-likeness (QED) is 0.107. The summed E-state index contributed by atoms with van der Waals surface area (Å²) in [6, 6.07) is 25.3. The molecule has 6 rings (SSSR count). The first-order chi connectivity index (χ1) is 18.1. The highest BCUT2D eigenvalue weighted by molar-refractivity contribution is 6.84. The molecular formula is C36H36Si2. The number of benzene rings is 5. The SMILES string of the molecule is C[Si](C)(C)C#Cc1ccc2ccc3ccc4ccc5ccc6c(c5c4c3c2c1)C[C@@H](C#C[Si](C)(C)C)CC6. The lowest BCUT2D eigenvalue weighted by Gasteiger charge is -2.24. The first kappa shape index (κ1) is 25.0. The van der Waals surface area contributed by atoms with Crippen molar-refractivity contribution in [2.45, 2.75) is 58.5 Å². The van der Waals surface area contributed by atoms with Crippen molar-refractivity contribution in [3.63, 3.8) is 0 Å². The molecule has 0 radical (unpaired) electrons. The third-order valence-electron chi connectivity index (χ3n) is 7.62. The van der Waals surface area contributed by atoms with Crippen molar-refractivity contribution < 1.29 is 0 Å². The van der Waals surface area contributed by atoms with Crippen molar-refractivity contribution >= 4 is 59.2 Å². The molecule has 0 spiro atoms. The first-order valence-corrected chi connectivity index (χ1v) is 20.9. The first-order valence-electron chi connectivity index (χ1n) is 13.9. The van der Waals surface area contributed by atoms with E-state index in [2.05, 4.69) is 129 Å². The Balaban J connectivity index is 1.67. The van der Waals surface area contributed by atoms with Crippen LogP contribution in [-0.4, -0.2) is 16.1 Å². The van der Waals surface area contributed by atoms with Crippen LogP contribution < -0.4 is 0 Å². The maximum absolute atomic E-state index is 3.72. The molecule has 1 aliphatic rings. The molecule has 0 aliphatic heterocycles. The molecule has 0 aromatic heterocycles. The van der Waals surface area contributed by atoms with Crippen LogP contribution in [-0.2, 0) is 12.8 Å². The minimum absolute atomic E-state index is 0.449. The molecule has 5 aromatic rings. The van der Waals surface area contributed by atoms with E-state index in [1.807, 2.05) is 0 Å². The third kappa shape index (κ3) is 4.80. The van der Waals surface area contributed by atoms with Gasteiger partial charge in [-0.15, -0.1) is 17.0 Å². The average Bonchev–Trinajstić information content (AvgIpc) is 2.88. The van der Waals surface area contributed by atoms with Gasteiger partial charge in [0.15, 0.2) is 0 Å². The number of hydrogen-bond donors (Lipinski definition) is 0. The lowest BCUT2D eigenvalue weighted by Crippen LogP contribution is -2.19. The maximum atomic E-state index is 3.72. The van der Waals surface area contributed by atoms with Crippen molar-refractivity contribution in [3.8, 4) is 22.9 Å². The van der Waals surface area contributed by atoms with Gasteiger partial charge in [0.2, 0.25) is 0 Å². The van der Waals surface area contributed by atoms with Crippen LogP contribution in [0.4, 0.5) is 0 Å². The minimum Gasteiger partial charge on any atom is -0.132 e. The fraction of sp³-hybridized carbons (Fsp3) is 0.278. The van der Waals surface area contributed by atoms with Gasteiger partial charge in [0, 0.05) is 11.5 Å². The van der Waals surface area contributed by atoms with Crippen LogP contribution in [0.15, 0.2) is 66.7 Å². The van der Waals surface area contributed by atoms with E-state index < -0.39 is 16.1 Å². The zero-order valence-corrected chi connectivity index (χ0v) is 25.5. The molecule has 5 aromatic carbocycles. The van der Waals surface area contributed by atoms with E-state index in [0.717, 1.165) is 18.4 Å². The van der Waals surface area contributed by atoms with E-state index in [4.69, 9.17) is 0 Å². The molecule has 188 valence electrons. The summed E-state index contributed by atoms with van der Waals surface area (Å²) in [6.45, 7) is 14.0. The number of rotatable bonds is 0. The molecule has 0 N–H and O–H groups in total. The molecule has 38 heavy (non-hydrogen) atoms. The van der Waals surface area contributed by atoms with Gasteiger partial charge in [-0.25, -0.2) is 0 Å². The highest BCUT2D eigenvalue weighted by Gasteiger charge is 2.22. The van der Waals surface area contributed by atoms with E-state index >= 15 is 0 Å². The van der Waals surface area contributed by atoms with Gasteiger partial charge in [0.1, 0.15) is 16.1 Å². The third-order valence-corrected chi connectivity index (χ3v) is 9.38. The topological polar surface area (TPSA) is 0 Å². The fourth-order valence-electron chi connectivity index (χ4n) is 5.82. The highest BCUT2D eigenvalue weighted by Crippen LogP contribution is 2.41. The standard InChI is InChI=1S/C36H36Si2/c1-37(2,3)21-19-25-7-9-27-11-13-29-15-17-31-18-16-30-14-12-28-10-8-26(20-22-38(4,5)6)24-33(28)35(30)36(31)34(29)32(27)23-25/h7,9,11-18,23,26H,8,10,24H2,1-6H3/t26-/m1/s1. The molecule has 0 bridgehead atoms. The zero-order chi connectivity index (χ0) is 26.7. The number of aryl methyl sites for hydroxylation is 1. The highest BCUT2D eigenvalue weighted by atomic mass is 28.3. The van der Waals surface area contributed by atoms with Gasteiger partial charge in [-0.1, -0.05) is 99.8 Å². The van der Waals surface area contributed by atoms with Gasteiger partial charge in [-0.3, -0.25) is 0 Å². The Morgan fingerprint density at radius 3 is 1.89 bits per heavy atom. The van der Waals surface area contributed by atoms with Gasteiger partial charge < -0.3 is 0 Å². The van der Waals surface area contributed by atoms with E-state index in [-0.39, 0.29) is 0 Å². The fourth-order valence-corrected chi connectivity index (χ4v) is 6.97. The van der Waals surface area contributed by atoms with Crippen molar-refractivity contribution in [3.05, 3.63) is 83.4 Å². The Morgan fingerprint density at radius 1 is 0.632 bits per heavy atom. The van der Waals surface area contributed by atoms with Crippen molar-refractivity contribution in [2.24, 2.45) is 5.92 Å². The van der Waals surface area contributed by atoms with Crippen molar-refractivity contribution in [1.82, 2.24) is 0 Å². The van der Waals surface area contributed by atoms with E-state index in [1.165, 1.54) is 60.6 Å². The van der Waals surface area contributed by atoms with Crippen LogP contribution in [0.1, 0.15) is 23.1 Å². The molecule has 0 saturated heterocycles. The summed E-state index contributed by atoms with van der Waals surface area (Å²) in [5.74, 6) is 7.67. The van der Waals surface area contributed by atoms with Gasteiger partial charge in [0.25, 0.3) is 0 Å². The molecule has 0 amide bonds. The predicted octanol–water partition coefficient (Wildman–Crippen LogP) is 9.51. The number of hydrogen-bond acceptors (Lipinski definition) is 0. The van der Waals surface area contributed by atoms with Crippen molar-refractivity contribution in [2.75, 3.05) is 0 Å². The monoisotopic (exact) mass is 524 g/mol. The Labute approximate surface area is 229 Å². The van der Waals surface area contributed by atoms with E-state index in [0.29, 0.717) is 5.92 Å². The molecule has 0 fully saturated rings.